The Kier molecular flexibility index (Phi) is 4.37. The van der Waals surface area contributed by atoms with Crippen LogP contribution in [0, 0.1) is 5.82 Å². The fourth-order valence-electron chi connectivity index (χ4n) is 3.60. The van der Waals surface area contributed by atoms with Gasteiger partial charge in [0, 0.05) is 19.3 Å². The molecule has 2 aliphatic rings. The Bertz CT molecular complexity index is 957. The highest BCUT2D eigenvalue weighted by Crippen LogP contribution is 2.42. The van der Waals surface area contributed by atoms with Crippen LogP contribution in [0.5, 0.6) is 5.75 Å². The Morgan fingerprint density at radius 3 is 2.77 bits per heavy atom. The minimum Gasteiger partial charge on any atom is -0.487 e. The van der Waals surface area contributed by atoms with Gasteiger partial charge in [-0.2, -0.15) is 0 Å². The molecule has 0 unspecified atom stereocenters. The highest BCUT2D eigenvalue weighted by molar-refractivity contribution is 5.97. The molecule has 1 saturated heterocycles. The third-order valence-corrected chi connectivity index (χ3v) is 4.85. The van der Waals surface area contributed by atoms with E-state index < -0.39 is 28.9 Å². The number of hydrogen-bond donors (Lipinski definition) is 2. The first-order chi connectivity index (χ1) is 11.9. The number of carboxylic acid groups (broad SMARTS) is 1. The van der Waals surface area contributed by atoms with Crippen molar-refractivity contribution in [3.63, 3.8) is 0 Å². The van der Waals surface area contributed by atoms with E-state index in [2.05, 4.69) is 0 Å². The highest BCUT2D eigenvalue weighted by atomic mass is 19.1. The van der Waals surface area contributed by atoms with Gasteiger partial charge in [-0.3, -0.25) is 4.79 Å². The summed E-state index contributed by atoms with van der Waals surface area (Å²) >= 11 is 0. The molecule has 9 heteroatoms. The van der Waals surface area contributed by atoms with Crippen molar-refractivity contribution in [1.82, 2.24) is 4.57 Å². The van der Waals surface area contributed by atoms with Gasteiger partial charge < -0.3 is 29.9 Å². The Morgan fingerprint density at radius 1 is 1.42 bits per heavy atom. The topological polar surface area (TPSA) is 124 Å². The van der Waals surface area contributed by atoms with Gasteiger partial charge in [0.1, 0.15) is 17.9 Å². The number of hydrogen-bond acceptors (Lipinski definition) is 5. The third kappa shape index (κ3) is 2.51. The molecule has 0 radical (unpaired) electrons. The molecule has 4 N–H and O–H groups in total. The molecular formula is C17H19FN2O6. The molecule has 2 aliphatic heterocycles. The van der Waals surface area contributed by atoms with Crippen LogP contribution < -0.4 is 15.1 Å². The quantitative estimate of drug-likeness (QED) is 0.799. The van der Waals surface area contributed by atoms with E-state index in [1.54, 1.807) is 9.47 Å². The molecule has 0 aliphatic carbocycles. The Morgan fingerprint density at radius 2 is 2.15 bits per heavy atom. The second-order valence-electron chi connectivity index (χ2n) is 6.57. The van der Waals surface area contributed by atoms with Crippen LogP contribution in [0.3, 0.4) is 0 Å². The number of ether oxygens (including phenoxy) is 1. The third-order valence-electron chi connectivity index (χ3n) is 4.85. The van der Waals surface area contributed by atoms with Crippen molar-refractivity contribution in [3.05, 3.63) is 33.9 Å². The van der Waals surface area contributed by atoms with Gasteiger partial charge in [-0.25, -0.2) is 9.18 Å². The van der Waals surface area contributed by atoms with Crippen molar-refractivity contribution in [2.45, 2.75) is 25.5 Å². The Labute approximate surface area is 147 Å². The smallest absolute Gasteiger partial charge is 0.341 e. The monoisotopic (exact) mass is 366 g/mol. The Hall–Kier alpha value is -2.65. The maximum Gasteiger partial charge on any atom is 0.341 e. The van der Waals surface area contributed by atoms with Crippen molar-refractivity contribution in [3.8, 4) is 5.75 Å². The van der Waals surface area contributed by atoms with E-state index in [1.165, 1.54) is 6.20 Å². The number of β-amino-alcohol motifs (C(OH)–C–C–N with tert-alkyl or cyclic N) is 1. The van der Waals surface area contributed by atoms with Crippen molar-refractivity contribution in [1.29, 1.82) is 0 Å². The number of halogens is 1. The number of aromatic nitrogens is 1. The SMILES string of the molecule is C[C@H]1COc2c(N3CC[C@H](O)C3)c(F)cc3c(=O)c(C(=O)O)cn1c23.O. The van der Waals surface area contributed by atoms with E-state index in [0.717, 1.165) is 6.07 Å². The summed E-state index contributed by atoms with van der Waals surface area (Å²) < 4.78 is 22.2. The number of aliphatic hydroxyl groups excluding tert-OH is 1. The summed E-state index contributed by atoms with van der Waals surface area (Å²) in [7, 11) is 0. The number of carboxylic acids is 1. The van der Waals surface area contributed by atoms with Crippen LogP contribution in [-0.2, 0) is 0 Å². The number of anilines is 1. The van der Waals surface area contributed by atoms with Crippen LogP contribution in [0.1, 0.15) is 29.7 Å². The molecular weight excluding hydrogens is 347 g/mol. The lowest BCUT2D eigenvalue weighted by molar-refractivity contribution is 0.0694. The van der Waals surface area contributed by atoms with Crippen molar-refractivity contribution >= 4 is 22.6 Å². The minimum absolute atomic E-state index is 0. The van der Waals surface area contributed by atoms with Gasteiger partial charge in [0.2, 0.25) is 5.43 Å². The maximum atomic E-state index is 14.8. The number of aliphatic hydroxyl groups is 1. The van der Waals surface area contributed by atoms with Crippen LogP contribution >= 0.6 is 0 Å². The van der Waals surface area contributed by atoms with Gasteiger partial charge in [0.25, 0.3) is 0 Å². The first-order valence-corrected chi connectivity index (χ1v) is 8.09. The molecule has 0 spiro atoms. The number of rotatable bonds is 2. The minimum atomic E-state index is -1.34. The molecule has 1 fully saturated rings. The zero-order chi connectivity index (χ0) is 17.9. The summed E-state index contributed by atoms with van der Waals surface area (Å²) in [6.45, 7) is 2.83. The zero-order valence-electron chi connectivity index (χ0n) is 14.0. The van der Waals surface area contributed by atoms with Gasteiger partial charge in [-0.1, -0.05) is 0 Å². The highest BCUT2D eigenvalue weighted by Gasteiger charge is 2.32. The second-order valence-corrected chi connectivity index (χ2v) is 6.57. The molecule has 140 valence electrons. The number of aromatic carboxylic acids is 1. The van der Waals surface area contributed by atoms with Crippen LogP contribution in [0.2, 0.25) is 0 Å². The summed E-state index contributed by atoms with van der Waals surface area (Å²) in [6, 6.07) is 0.877. The average Bonchev–Trinajstić information content (AvgIpc) is 2.98. The summed E-state index contributed by atoms with van der Waals surface area (Å²) in [4.78, 5) is 25.6. The molecule has 8 nitrogen and oxygen atoms in total. The average molecular weight is 366 g/mol. The lowest BCUT2D eigenvalue weighted by Crippen LogP contribution is -2.29. The van der Waals surface area contributed by atoms with E-state index in [0.29, 0.717) is 18.5 Å². The molecule has 3 heterocycles. The van der Waals surface area contributed by atoms with Crippen molar-refractivity contribution in [2.24, 2.45) is 0 Å². The van der Waals surface area contributed by atoms with Gasteiger partial charge in [0.05, 0.1) is 23.0 Å². The summed E-state index contributed by atoms with van der Waals surface area (Å²) in [5, 5.41) is 19.0. The second kappa shape index (κ2) is 6.26. The van der Waals surface area contributed by atoms with Crippen LogP contribution in [-0.4, -0.2) is 52.0 Å². The molecule has 1 aromatic heterocycles. The van der Waals surface area contributed by atoms with E-state index in [9.17, 15) is 24.2 Å². The molecule has 0 bridgehead atoms. The molecule has 2 atom stereocenters. The van der Waals surface area contributed by atoms with Gasteiger partial charge in [-0.05, 0) is 19.4 Å². The van der Waals surface area contributed by atoms with Gasteiger partial charge in [-0.15, -0.1) is 0 Å². The van der Waals surface area contributed by atoms with Gasteiger partial charge >= 0.3 is 5.97 Å². The molecule has 2 aromatic rings. The van der Waals surface area contributed by atoms with Crippen LogP contribution in [0.15, 0.2) is 17.1 Å². The summed E-state index contributed by atoms with van der Waals surface area (Å²) in [6.07, 6.45) is 1.28. The number of benzene rings is 1. The first-order valence-electron chi connectivity index (χ1n) is 8.09. The fourth-order valence-corrected chi connectivity index (χ4v) is 3.60. The molecule has 4 rings (SSSR count). The number of nitrogens with zero attached hydrogens (tertiary/aromatic N) is 2. The van der Waals surface area contributed by atoms with Crippen molar-refractivity contribution in [2.75, 3.05) is 24.6 Å². The van der Waals surface area contributed by atoms with E-state index in [1.807, 2.05) is 6.92 Å². The predicted octanol–water partition coefficient (Wildman–Crippen LogP) is 0.538. The number of pyridine rings is 1. The molecule has 26 heavy (non-hydrogen) atoms. The van der Waals surface area contributed by atoms with Crippen LogP contribution in [0.25, 0.3) is 10.9 Å². The zero-order valence-corrected chi connectivity index (χ0v) is 14.0. The molecule has 1 aromatic carbocycles. The molecule has 0 amide bonds. The number of carbonyl (C=O) groups is 1. The largest absolute Gasteiger partial charge is 0.487 e. The van der Waals surface area contributed by atoms with E-state index in [4.69, 9.17) is 4.74 Å². The Balaban J connectivity index is 0.00000196. The lowest BCUT2D eigenvalue weighted by atomic mass is 10.1. The summed E-state index contributed by atoms with van der Waals surface area (Å²) in [5.41, 5.74) is -0.515. The normalized spacial score (nSPS) is 21.4. The van der Waals surface area contributed by atoms with Crippen LogP contribution in [0.4, 0.5) is 10.1 Å². The first kappa shape index (κ1) is 18.2. The predicted molar refractivity (Wildman–Crippen MR) is 91.8 cm³/mol. The molecule has 0 saturated carbocycles. The standard InChI is InChI=1S/C17H17FN2O5.H2O/c1-8-7-25-16-13-10(15(22)11(17(23)24)6-20(8)13)4-12(18)14(16)19-3-2-9(21)5-19;/h4,6,8-9,21H,2-3,5,7H2,1H3,(H,23,24);1H2/t8-,9-;/m0./s1. The van der Waals surface area contributed by atoms with E-state index in [-0.39, 0.29) is 41.5 Å². The fraction of sp³-hybridized carbons (Fsp3) is 0.412. The lowest BCUT2D eigenvalue weighted by Gasteiger charge is -2.31. The maximum absolute atomic E-state index is 14.8. The van der Waals surface area contributed by atoms with Crippen molar-refractivity contribution < 1.29 is 29.6 Å². The van der Waals surface area contributed by atoms with E-state index >= 15 is 0 Å². The summed E-state index contributed by atoms with van der Waals surface area (Å²) in [5.74, 6) is -1.77. The van der Waals surface area contributed by atoms with Gasteiger partial charge in [0.15, 0.2) is 11.6 Å².